The number of aliphatic hydroxyl groups is 1. The van der Waals surface area contributed by atoms with Gasteiger partial charge in [-0.05, 0) is 0 Å². The number of hydrogen-bond acceptors (Lipinski definition) is 2. The lowest BCUT2D eigenvalue weighted by Gasteiger charge is -2.05. The number of alkyl halides is 3. The van der Waals surface area contributed by atoms with E-state index in [1.165, 1.54) is 4.90 Å². The SMILES string of the molecule is CN(C)C=O.OCCC(Cl)(Cl)Cl. The van der Waals surface area contributed by atoms with Crippen LogP contribution in [0.2, 0.25) is 0 Å². The fourth-order valence-corrected chi connectivity index (χ4v) is 0.380. The Morgan fingerprint density at radius 1 is 1.42 bits per heavy atom. The van der Waals surface area contributed by atoms with Crippen LogP contribution in [-0.2, 0) is 4.79 Å². The van der Waals surface area contributed by atoms with Gasteiger partial charge in [0.1, 0.15) is 0 Å². The van der Waals surface area contributed by atoms with Gasteiger partial charge in [-0.15, -0.1) is 0 Å². The highest BCUT2D eigenvalue weighted by atomic mass is 35.6. The minimum Gasteiger partial charge on any atom is -0.396 e. The summed E-state index contributed by atoms with van der Waals surface area (Å²) in [5.74, 6) is 0. The van der Waals surface area contributed by atoms with Crippen LogP contribution in [0.25, 0.3) is 0 Å². The summed E-state index contributed by atoms with van der Waals surface area (Å²) in [6.07, 6.45) is 0.942. The summed E-state index contributed by atoms with van der Waals surface area (Å²) in [4.78, 5) is 10.9. The van der Waals surface area contributed by atoms with Gasteiger partial charge in [-0.25, -0.2) is 0 Å². The molecule has 3 nitrogen and oxygen atoms in total. The summed E-state index contributed by atoms with van der Waals surface area (Å²) in [6.45, 7) is -0.0868. The minimum atomic E-state index is -1.28. The Bertz CT molecular complexity index is 114. The maximum atomic E-state index is 9.43. The molecule has 0 unspecified atom stereocenters. The fraction of sp³-hybridized carbons (Fsp3) is 0.833. The average molecular weight is 237 g/mol. The largest absolute Gasteiger partial charge is 0.396 e. The van der Waals surface area contributed by atoms with Gasteiger partial charge in [0.2, 0.25) is 6.41 Å². The van der Waals surface area contributed by atoms with Crippen LogP contribution >= 0.6 is 34.8 Å². The second-order valence-electron chi connectivity index (χ2n) is 2.16. The molecule has 0 spiro atoms. The van der Waals surface area contributed by atoms with E-state index in [9.17, 15) is 4.79 Å². The molecule has 0 aliphatic heterocycles. The molecule has 0 aromatic rings. The van der Waals surface area contributed by atoms with Crippen LogP contribution in [0.3, 0.4) is 0 Å². The van der Waals surface area contributed by atoms with Crippen LogP contribution in [0.15, 0.2) is 0 Å². The Morgan fingerprint density at radius 2 is 1.75 bits per heavy atom. The quantitative estimate of drug-likeness (QED) is 0.582. The Hall–Kier alpha value is 0.300. The molecule has 12 heavy (non-hydrogen) atoms. The number of carbonyl (C=O) groups is 1. The maximum absolute atomic E-state index is 9.43. The molecule has 0 radical (unpaired) electrons. The number of rotatable bonds is 2. The average Bonchev–Trinajstić information content (AvgIpc) is 1.86. The van der Waals surface area contributed by atoms with Gasteiger partial charge in [-0.3, -0.25) is 4.79 Å². The molecule has 6 heteroatoms. The van der Waals surface area contributed by atoms with Crippen molar-refractivity contribution in [3.8, 4) is 0 Å². The van der Waals surface area contributed by atoms with Crippen LogP contribution in [0, 0.1) is 0 Å². The smallest absolute Gasteiger partial charge is 0.209 e. The van der Waals surface area contributed by atoms with Gasteiger partial charge >= 0.3 is 0 Å². The van der Waals surface area contributed by atoms with Crippen molar-refractivity contribution in [3.05, 3.63) is 0 Å². The van der Waals surface area contributed by atoms with E-state index in [-0.39, 0.29) is 13.0 Å². The third-order valence-electron chi connectivity index (χ3n) is 0.606. The predicted octanol–water partition coefficient (Wildman–Crippen LogP) is 1.44. The molecule has 0 rings (SSSR count). The molecule has 0 fully saturated rings. The Morgan fingerprint density at radius 3 is 1.75 bits per heavy atom. The number of halogens is 3. The van der Waals surface area contributed by atoms with Crippen molar-refractivity contribution < 1.29 is 9.90 Å². The third-order valence-corrected chi connectivity index (χ3v) is 1.17. The Balaban J connectivity index is 0. The van der Waals surface area contributed by atoms with Gasteiger partial charge < -0.3 is 10.0 Å². The molecule has 0 aromatic carbocycles. The third kappa shape index (κ3) is 22.4. The summed E-state index contributed by atoms with van der Waals surface area (Å²) in [7, 11) is 3.38. The zero-order valence-electron chi connectivity index (χ0n) is 6.93. The molecule has 0 atom stereocenters. The number of nitrogens with zero attached hydrogens (tertiary/aromatic N) is 1. The van der Waals surface area contributed by atoms with Crippen LogP contribution < -0.4 is 0 Å². The first-order chi connectivity index (χ1) is 5.33. The zero-order valence-corrected chi connectivity index (χ0v) is 9.20. The first-order valence-electron chi connectivity index (χ1n) is 3.13. The molecule has 0 saturated carbocycles. The molecule has 1 N–H and O–H groups in total. The lowest BCUT2D eigenvalue weighted by atomic mass is 10.5. The van der Waals surface area contributed by atoms with Crippen molar-refractivity contribution in [1.82, 2.24) is 4.90 Å². The molecule has 0 bridgehead atoms. The molecule has 0 heterocycles. The first-order valence-corrected chi connectivity index (χ1v) is 4.26. The van der Waals surface area contributed by atoms with E-state index in [4.69, 9.17) is 39.9 Å². The van der Waals surface area contributed by atoms with Gasteiger partial charge in [-0.2, -0.15) is 0 Å². The van der Waals surface area contributed by atoms with E-state index >= 15 is 0 Å². The van der Waals surface area contributed by atoms with Gasteiger partial charge in [0, 0.05) is 27.1 Å². The topological polar surface area (TPSA) is 40.5 Å². The number of aliphatic hydroxyl groups excluding tert-OH is 1. The van der Waals surface area contributed by atoms with Crippen molar-refractivity contribution >= 4 is 41.2 Å². The van der Waals surface area contributed by atoms with Gasteiger partial charge in [0.25, 0.3) is 0 Å². The van der Waals surface area contributed by atoms with Crippen molar-refractivity contribution in [2.24, 2.45) is 0 Å². The Labute approximate surface area is 87.2 Å². The molecule has 0 aliphatic rings. The van der Waals surface area contributed by atoms with Crippen LogP contribution in [-0.4, -0.2) is 40.9 Å². The minimum absolute atomic E-state index is 0.0868. The molecule has 74 valence electrons. The normalized spacial score (nSPS) is 9.83. The summed E-state index contributed by atoms with van der Waals surface area (Å²) in [5.41, 5.74) is 0. The number of hydrogen-bond donors (Lipinski definition) is 1. The highest BCUT2D eigenvalue weighted by Crippen LogP contribution is 2.28. The number of carbonyl (C=O) groups excluding carboxylic acids is 1. The van der Waals surface area contributed by atoms with E-state index in [1.807, 2.05) is 0 Å². The Kier molecular flexibility index (Phi) is 9.78. The molecular weight excluding hydrogens is 224 g/mol. The van der Waals surface area contributed by atoms with Crippen molar-refractivity contribution in [2.45, 2.75) is 10.2 Å². The summed E-state index contributed by atoms with van der Waals surface area (Å²) in [5, 5.41) is 8.15. The monoisotopic (exact) mass is 235 g/mol. The number of amides is 1. The molecule has 1 amide bonds. The van der Waals surface area contributed by atoms with Crippen molar-refractivity contribution in [2.75, 3.05) is 20.7 Å². The molecular formula is C6H12Cl3NO2. The van der Waals surface area contributed by atoms with E-state index in [1.54, 1.807) is 14.1 Å². The maximum Gasteiger partial charge on any atom is 0.209 e. The van der Waals surface area contributed by atoms with Crippen molar-refractivity contribution in [1.29, 1.82) is 0 Å². The van der Waals surface area contributed by atoms with Crippen LogP contribution in [0.5, 0.6) is 0 Å². The van der Waals surface area contributed by atoms with E-state index in [0.717, 1.165) is 6.41 Å². The highest BCUT2D eigenvalue weighted by molar-refractivity contribution is 6.67. The second-order valence-corrected chi connectivity index (χ2v) is 4.67. The van der Waals surface area contributed by atoms with E-state index < -0.39 is 3.79 Å². The predicted molar refractivity (Wildman–Crippen MR) is 51.7 cm³/mol. The van der Waals surface area contributed by atoms with Gasteiger partial charge in [-0.1, -0.05) is 34.8 Å². The zero-order chi connectivity index (χ0) is 10.2. The van der Waals surface area contributed by atoms with Gasteiger partial charge in [0.15, 0.2) is 3.79 Å². The van der Waals surface area contributed by atoms with E-state index in [2.05, 4.69) is 0 Å². The lowest BCUT2D eigenvalue weighted by Crippen LogP contribution is -2.06. The summed E-state index contributed by atoms with van der Waals surface area (Å²) < 4.78 is -1.28. The second kappa shape index (κ2) is 7.92. The fourth-order valence-electron chi connectivity index (χ4n) is 0.127. The summed E-state index contributed by atoms with van der Waals surface area (Å²) in [6, 6.07) is 0. The standard InChI is InChI=1S/C3H5Cl3O.C3H7NO/c4-3(5,6)1-2-7;1-4(2)3-5/h7H,1-2H2;3H,1-2H3. The van der Waals surface area contributed by atoms with Gasteiger partial charge in [0.05, 0.1) is 0 Å². The molecule has 0 saturated heterocycles. The lowest BCUT2D eigenvalue weighted by molar-refractivity contribution is -0.115. The highest BCUT2D eigenvalue weighted by Gasteiger charge is 2.17. The van der Waals surface area contributed by atoms with Crippen LogP contribution in [0.4, 0.5) is 0 Å². The first kappa shape index (κ1) is 14.8. The molecule has 0 aliphatic carbocycles. The van der Waals surface area contributed by atoms with E-state index in [0.29, 0.717) is 0 Å². The van der Waals surface area contributed by atoms with Crippen molar-refractivity contribution in [3.63, 3.8) is 0 Å². The van der Waals surface area contributed by atoms with Crippen LogP contribution in [0.1, 0.15) is 6.42 Å². The molecule has 0 aromatic heterocycles. The summed E-state index contributed by atoms with van der Waals surface area (Å²) >= 11 is 15.6.